The van der Waals surface area contributed by atoms with Crippen molar-refractivity contribution in [2.75, 3.05) is 0 Å². The Kier molecular flexibility index (Phi) is 5.26. The zero-order chi connectivity index (χ0) is 15.3. The van der Waals surface area contributed by atoms with Crippen LogP contribution in [0.2, 0.25) is 0 Å². The highest BCUT2D eigenvalue weighted by Crippen LogP contribution is 2.30. The molecule has 2 aromatic rings. The lowest BCUT2D eigenvalue weighted by molar-refractivity contribution is -0.137. The van der Waals surface area contributed by atoms with E-state index in [1.54, 1.807) is 0 Å². The van der Waals surface area contributed by atoms with Crippen LogP contribution in [0.15, 0.2) is 18.2 Å². The van der Waals surface area contributed by atoms with Crippen molar-refractivity contribution in [1.82, 2.24) is 9.97 Å². The van der Waals surface area contributed by atoms with Crippen LogP contribution in [0.1, 0.15) is 56.8 Å². The number of hydrogen-bond donors (Lipinski definition) is 1. The van der Waals surface area contributed by atoms with E-state index in [9.17, 15) is 13.2 Å². The highest BCUT2D eigenvalue weighted by molar-refractivity contribution is 5.76. The maximum absolute atomic E-state index is 12.6. The molecule has 1 aromatic heterocycles. The predicted molar refractivity (Wildman–Crippen MR) is 78.2 cm³/mol. The van der Waals surface area contributed by atoms with Gasteiger partial charge in [-0.05, 0) is 24.6 Å². The fourth-order valence-corrected chi connectivity index (χ4v) is 2.43. The molecule has 21 heavy (non-hydrogen) atoms. The first-order valence-electron chi connectivity index (χ1n) is 7.56. The molecule has 5 heteroatoms. The van der Waals surface area contributed by atoms with Crippen molar-refractivity contribution in [2.24, 2.45) is 0 Å². The molecular weight excluding hydrogens is 277 g/mol. The average Bonchev–Trinajstić information content (AvgIpc) is 2.83. The molecule has 0 bridgehead atoms. The normalized spacial score (nSPS) is 12.2. The Bertz CT molecular complexity index is 572. The summed E-state index contributed by atoms with van der Waals surface area (Å²) in [6, 6.07) is 3.64. The van der Waals surface area contributed by atoms with Crippen molar-refractivity contribution in [3.05, 3.63) is 29.6 Å². The summed E-state index contributed by atoms with van der Waals surface area (Å²) in [5.41, 5.74) is 0.430. The van der Waals surface area contributed by atoms with Crippen LogP contribution in [0.5, 0.6) is 0 Å². The van der Waals surface area contributed by atoms with Crippen molar-refractivity contribution in [3.63, 3.8) is 0 Å². The molecular formula is C16H21F3N2. The smallest absolute Gasteiger partial charge is 0.342 e. The van der Waals surface area contributed by atoms with Gasteiger partial charge >= 0.3 is 6.18 Å². The lowest BCUT2D eigenvalue weighted by Gasteiger charge is -2.05. The second kappa shape index (κ2) is 6.96. The fourth-order valence-electron chi connectivity index (χ4n) is 2.43. The second-order valence-electron chi connectivity index (χ2n) is 5.43. The minimum atomic E-state index is -4.31. The van der Waals surface area contributed by atoms with Gasteiger partial charge in [0.2, 0.25) is 0 Å². The van der Waals surface area contributed by atoms with Gasteiger partial charge in [0.25, 0.3) is 0 Å². The van der Waals surface area contributed by atoms with Gasteiger partial charge in [0.1, 0.15) is 5.82 Å². The van der Waals surface area contributed by atoms with E-state index in [0.717, 1.165) is 37.2 Å². The summed E-state index contributed by atoms with van der Waals surface area (Å²) in [5.74, 6) is 0.778. The molecule has 2 rings (SSSR count). The van der Waals surface area contributed by atoms with Gasteiger partial charge in [0, 0.05) is 6.42 Å². The standard InChI is InChI=1S/C16H21F3N2/c1-2-3-4-5-6-7-8-15-20-13-10-9-12(16(17,18)19)11-14(13)21-15/h9-11H,2-8H2,1H3,(H,20,21). The largest absolute Gasteiger partial charge is 0.416 e. The molecule has 1 aromatic carbocycles. The maximum atomic E-state index is 12.6. The van der Waals surface area contributed by atoms with E-state index in [2.05, 4.69) is 16.9 Å². The van der Waals surface area contributed by atoms with Gasteiger partial charge in [0.15, 0.2) is 0 Å². The van der Waals surface area contributed by atoms with Gasteiger partial charge in [-0.1, -0.05) is 39.0 Å². The number of unbranched alkanes of at least 4 members (excludes halogenated alkanes) is 5. The number of halogens is 3. The fraction of sp³-hybridized carbons (Fsp3) is 0.562. The number of H-pyrrole nitrogens is 1. The predicted octanol–water partition coefficient (Wildman–Crippen LogP) is 5.48. The van der Waals surface area contributed by atoms with E-state index in [-0.39, 0.29) is 0 Å². The molecule has 1 N–H and O–H groups in total. The van der Waals surface area contributed by atoms with Crippen LogP contribution in [0.25, 0.3) is 11.0 Å². The Morgan fingerprint density at radius 2 is 1.76 bits per heavy atom. The van der Waals surface area contributed by atoms with Crippen LogP contribution in [-0.4, -0.2) is 9.97 Å². The van der Waals surface area contributed by atoms with Crippen molar-refractivity contribution in [3.8, 4) is 0 Å². The van der Waals surface area contributed by atoms with Gasteiger partial charge in [-0.3, -0.25) is 0 Å². The third-order valence-corrected chi connectivity index (χ3v) is 3.63. The molecule has 0 aliphatic carbocycles. The van der Waals surface area contributed by atoms with Gasteiger partial charge < -0.3 is 4.98 Å². The quantitative estimate of drug-likeness (QED) is 0.673. The van der Waals surface area contributed by atoms with E-state index >= 15 is 0 Å². The lowest BCUT2D eigenvalue weighted by atomic mass is 10.1. The van der Waals surface area contributed by atoms with Gasteiger partial charge in [-0.2, -0.15) is 13.2 Å². The second-order valence-corrected chi connectivity index (χ2v) is 5.43. The molecule has 0 radical (unpaired) electrons. The Labute approximate surface area is 122 Å². The first kappa shape index (κ1) is 15.9. The summed E-state index contributed by atoms with van der Waals surface area (Å²) < 4.78 is 37.9. The van der Waals surface area contributed by atoms with E-state index in [4.69, 9.17) is 0 Å². The Morgan fingerprint density at radius 1 is 1.05 bits per heavy atom. The summed E-state index contributed by atoms with van der Waals surface area (Å²) in [7, 11) is 0. The number of nitrogens with one attached hydrogen (secondary N) is 1. The van der Waals surface area contributed by atoms with Gasteiger partial charge in [-0.25, -0.2) is 4.98 Å². The van der Waals surface area contributed by atoms with Gasteiger partial charge in [-0.15, -0.1) is 0 Å². The third-order valence-electron chi connectivity index (χ3n) is 3.63. The van der Waals surface area contributed by atoms with Crippen molar-refractivity contribution in [2.45, 2.75) is 58.0 Å². The highest BCUT2D eigenvalue weighted by atomic mass is 19.4. The number of aromatic amines is 1. The molecule has 0 unspecified atom stereocenters. The average molecular weight is 298 g/mol. The molecule has 0 spiro atoms. The number of fused-ring (bicyclic) bond motifs is 1. The monoisotopic (exact) mass is 298 g/mol. The van der Waals surface area contributed by atoms with Crippen LogP contribution in [0.3, 0.4) is 0 Å². The number of benzene rings is 1. The van der Waals surface area contributed by atoms with E-state index in [0.29, 0.717) is 11.0 Å². The van der Waals surface area contributed by atoms with Crippen LogP contribution < -0.4 is 0 Å². The Balaban J connectivity index is 1.93. The number of nitrogens with zero attached hydrogens (tertiary/aromatic N) is 1. The number of rotatable bonds is 7. The summed E-state index contributed by atoms with van der Waals surface area (Å²) >= 11 is 0. The molecule has 0 amide bonds. The van der Waals surface area contributed by atoms with Crippen molar-refractivity contribution >= 4 is 11.0 Å². The molecule has 0 atom stereocenters. The van der Waals surface area contributed by atoms with Crippen molar-refractivity contribution in [1.29, 1.82) is 0 Å². The van der Waals surface area contributed by atoms with Crippen LogP contribution >= 0.6 is 0 Å². The summed E-state index contributed by atoms with van der Waals surface area (Å²) in [5, 5.41) is 0. The minimum Gasteiger partial charge on any atom is -0.342 e. The molecule has 0 aliphatic rings. The molecule has 0 fully saturated rings. The summed E-state index contributed by atoms with van der Waals surface area (Å²) in [4.78, 5) is 7.35. The lowest BCUT2D eigenvalue weighted by Crippen LogP contribution is -2.04. The topological polar surface area (TPSA) is 28.7 Å². The number of aromatic nitrogens is 2. The highest BCUT2D eigenvalue weighted by Gasteiger charge is 2.30. The molecule has 1 heterocycles. The molecule has 0 aliphatic heterocycles. The first-order chi connectivity index (χ1) is 10.0. The molecule has 2 nitrogen and oxygen atoms in total. The molecule has 0 saturated carbocycles. The van der Waals surface area contributed by atoms with E-state index < -0.39 is 11.7 Å². The van der Waals surface area contributed by atoms with Crippen molar-refractivity contribution < 1.29 is 13.2 Å². The SMILES string of the molecule is CCCCCCCCc1nc2ccc(C(F)(F)F)cc2[nH]1. The van der Waals surface area contributed by atoms with E-state index in [1.165, 1.54) is 31.7 Å². The number of aryl methyl sites for hydroxylation is 1. The Morgan fingerprint density at radius 3 is 2.48 bits per heavy atom. The molecule has 116 valence electrons. The zero-order valence-electron chi connectivity index (χ0n) is 12.3. The minimum absolute atomic E-state index is 0.464. The maximum Gasteiger partial charge on any atom is 0.416 e. The zero-order valence-corrected chi connectivity index (χ0v) is 12.3. The summed E-state index contributed by atoms with van der Waals surface area (Å²) in [6.45, 7) is 2.18. The first-order valence-corrected chi connectivity index (χ1v) is 7.56. The number of hydrogen-bond acceptors (Lipinski definition) is 1. The molecule has 0 saturated heterocycles. The van der Waals surface area contributed by atoms with Crippen LogP contribution in [0, 0.1) is 0 Å². The third kappa shape index (κ3) is 4.48. The number of imidazole rings is 1. The summed E-state index contributed by atoms with van der Waals surface area (Å²) in [6.07, 6.45) is 3.62. The Hall–Kier alpha value is -1.52. The van der Waals surface area contributed by atoms with E-state index in [1.807, 2.05) is 0 Å². The number of alkyl halides is 3. The van der Waals surface area contributed by atoms with Gasteiger partial charge in [0.05, 0.1) is 16.6 Å². The van der Waals surface area contributed by atoms with Crippen LogP contribution in [-0.2, 0) is 12.6 Å². The van der Waals surface area contributed by atoms with Crippen LogP contribution in [0.4, 0.5) is 13.2 Å².